The molecule has 3 atom stereocenters. The Morgan fingerprint density at radius 2 is 2.04 bits per heavy atom. The number of pyridine rings is 1. The number of aliphatic hydroxyl groups is 1. The van der Waals surface area contributed by atoms with Crippen molar-refractivity contribution in [2.45, 2.75) is 50.7 Å². The Balaban J connectivity index is 2.14. The van der Waals surface area contributed by atoms with Gasteiger partial charge < -0.3 is 20.6 Å². The maximum absolute atomic E-state index is 13.7. The van der Waals surface area contributed by atoms with E-state index in [4.69, 9.17) is 10.6 Å². The van der Waals surface area contributed by atoms with Crippen LogP contribution in [0.1, 0.15) is 32.4 Å². The number of carbonyl (C=O) groups excluding carboxylic acids is 1. The van der Waals surface area contributed by atoms with Crippen molar-refractivity contribution in [2.24, 2.45) is 5.84 Å². The molecule has 152 valence electrons. The van der Waals surface area contributed by atoms with Crippen molar-refractivity contribution < 1.29 is 27.8 Å². The van der Waals surface area contributed by atoms with E-state index in [-0.39, 0.29) is 24.5 Å². The molecule has 0 radical (unpaired) electrons. The van der Waals surface area contributed by atoms with Gasteiger partial charge in [-0.25, -0.2) is 15.6 Å². The number of rotatable bonds is 4. The second kappa shape index (κ2) is 7.87. The van der Waals surface area contributed by atoms with E-state index in [1.54, 1.807) is 20.8 Å². The van der Waals surface area contributed by atoms with Crippen molar-refractivity contribution in [3.8, 4) is 0 Å². The number of nitrogens with two attached hydrogens (primary N) is 1. The van der Waals surface area contributed by atoms with Crippen LogP contribution in [-0.2, 0) is 4.74 Å². The van der Waals surface area contributed by atoms with Gasteiger partial charge in [0.15, 0.2) is 0 Å². The van der Waals surface area contributed by atoms with Crippen molar-refractivity contribution >= 4 is 11.9 Å². The Morgan fingerprint density at radius 3 is 2.52 bits per heavy atom. The molecule has 8 nitrogen and oxygen atoms in total. The molecular weight excluding hydrogens is 367 g/mol. The largest absolute Gasteiger partial charge is 0.444 e. The Morgan fingerprint density at radius 1 is 1.37 bits per heavy atom. The van der Waals surface area contributed by atoms with Crippen LogP contribution >= 0.6 is 0 Å². The molecule has 1 saturated heterocycles. The Labute approximate surface area is 154 Å². The van der Waals surface area contributed by atoms with Crippen LogP contribution in [0.2, 0.25) is 0 Å². The van der Waals surface area contributed by atoms with Gasteiger partial charge in [0.05, 0.1) is 12.1 Å². The lowest BCUT2D eigenvalue weighted by Crippen LogP contribution is -2.45. The van der Waals surface area contributed by atoms with Crippen LogP contribution in [-0.4, -0.2) is 58.1 Å². The van der Waals surface area contributed by atoms with E-state index in [0.29, 0.717) is 0 Å². The molecule has 0 unspecified atom stereocenters. The summed E-state index contributed by atoms with van der Waals surface area (Å²) in [6, 6.07) is -0.266. The first-order chi connectivity index (χ1) is 12.4. The van der Waals surface area contributed by atoms with E-state index in [1.165, 1.54) is 12.1 Å². The molecule has 0 saturated carbocycles. The molecule has 0 aliphatic carbocycles. The molecular formula is C16H24F3N5O3. The van der Waals surface area contributed by atoms with Gasteiger partial charge in [-0.15, -0.1) is 0 Å². The average molecular weight is 391 g/mol. The molecule has 27 heavy (non-hydrogen) atoms. The van der Waals surface area contributed by atoms with Crippen molar-refractivity contribution in [1.29, 1.82) is 0 Å². The summed E-state index contributed by atoms with van der Waals surface area (Å²) in [5, 5.41) is 12.6. The minimum atomic E-state index is -4.60. The van der Waals surface area contributed by atoms with Gasteiger partial charge in [0.2, 0.25) is 0 Å². The molecule has 1 aliphatic heterocycles. The number of nitrogens with one attached hydrogen (secondary N) is 2. The standard InChI is InChI=1S/C16H24F3N5O3/c1-15(2,3)27-14(26)22-10-7-24(8-11(10)25)13(16(17,18)19)9-4-5-12(23-20)21-6-9/h4-6,10-11,13,25H,7-8,20H2,1-3H3,(H,21,23)(H,22,26)/t10-,11+,13-/m1/s1. The van der Waals surface area contributed by atoms with Crippen LogP contribution < -0.4 is 16.6 Å². The van der Waals surface area contributed by atoms with Gasteiger partial charge >= 0.3 is 12.3 Å². The number of aliphatic hydroxyl groups excluding tert-OH is 1. The first-order valence-electron chi connectivity index (χ1n) is 8.31. The van der Waals surface area contributed by atoms with Gasteiger partial charge in [-0.3, -0.25) is 4.90 Å². The van der Waals surface area contributed by atoms with E-state index in [9.17, 15) is 23.1 Å². The predicted octanol–water partition coefficient (Wildman–Crippen LogP) is 1.54. The summed E-state index contributed by atoms with van der Waals surface area (Å²) >= 11 is 0. The third kappa shape index (κ3) is 5.68. The topological polar surface area (TPSA) is 113 Å². The third-order valence-electron chi connectivity index (χ3n) is 3.94. The Kier molecular flexibility index (Phi) is 6.17. The number of nitrogen functional groups attached to an aromatic ring is 1. The van der Waals surface area contributed by atoms with Crippen LogP contribution in [0.4, 0.5) is 23.8 Å². The number of carbonyl (C=O) groups is 1. The smallest absolute Gasteiger partial charge is 0.408 e. The first-order valence-corrected chi connectivity index (χ1v) is 8.31. The van der Waals surface area contributed by atoms with Gasteiger partial charge in [-0.05, 0) is 32.4 Å². The highest BCUT2D eigenvalue weighted by molar-refractivity contribution is 5.68. The second-order valence-corrected chi connectivity index (χ2v) is 7.34. The third-order valence-corrected chi connectivity index (χ3v) is 3.94. The summed E-state index contributed by atoms with van der Waals surface area (Å²) in [6.45, 7) is 4.53. The van der Waals surface area contributed by atoms with E-state index >= 15 is 0 Å². The Bertz CT molecular complexity index is 648. The molecule has 5 N–H and O–H groups in total. The monoisotopic (exact) mass is 391 g/mol. The minimum absolute atomic E-state index is 0.0911. The molecule has 1 fully saturated rings. The number of amides is 1. The normalized spacial score (nSPS) is 22.4. The summed E-state index contributed by atoms with van der Waals surface area (Å²) in [5.74, 6) is 5.41. The zero-order valence-corrected chi connectivity index (χ0v) is 15.2. The summed E-state index contributed by atoms with van der Waals surface area (Å²) in [7, 11) is 0. The lowest BCUT2D eigenvalue weighted by atomic mass is 10.1. The molecule has 1 aliphatic rings. The van der Waals surface area contributed by atoms with Gasteiger partial charge in [0, 0.05) is 19.3 Å². The lowest BCUT2D eigenvalue weighted by Gasteiger charge is -2.30. The number of hydrogen-bond donors (Lipinski definition) is 4. The zero-order valence-electron chi connectivity index (χ0n) is 15.2. The van der Waals surface area contributed by atoms with Gasteiger partial charge in [-0.1, -0.05) is 6.07 Å². The summed E-state index contributed by atoms with van der Waals surface area (Å²) in [6.07, 6.45) is -5.48. The second-order valence-electron chi connectivity index (χ2n) is 7.34. The van der Waals surface area contributed by atoms with E-state index in [0.717, 1.165) is 11.1 Å². The van der Waals surface area contributed by atoms with Crippen LogP contribution in [0.15, 0.2) is 18.3 Å². The maximum Gasteiger partial charge on any atom is 0.408 e. The first kappa shape index (κ1) is 21.2. The number of aromatic nitrogens is 1. The fraction of sp³-hybridized carbons (Fsp3) is 0.625. The number of anilines is 1. The quantitative estimate of drug-likeness (QED) is 0.455. The van der Waals surface area contributed by atoms with Crippen molar-refractivity contribution in [1.82, 2.24) is 15.2 Å². The number of alkyl carbamates (subject to hydrolysis) is 1. The fourth-order valence-electron chi connectivity index (χ4n) is 2.89. The van der Waals surface area contributed by atoms with Crippen LogP contribution in [0.3, 0.4) is 0 Å². The number of hydrogen-bond acceptors (Lipinski definition) is 7. The highest BCUT2D eigenvalue weighted by Gasteiger charge is 2.49. The molecule has 2 heterocycles. The number of likely N-dealkylation sites (tertiary alicyclic amines) is 1. The fourth-order valence-corrected chi connectivity index (χ4v) is 2.89. The lowest BCUT2D eigenvalue weighted by molar-refractivity contribution is -0.184. The van der Waals surface area contributed by atoms with Crippen molar-refractivity contribution in [2.75, 3.05) is 18.5 Å². The van der Waals surface area contributed by atoms with Crippen LogP contribution in [0.5, 0.6) is 0 Å². The molecule has 0 spiro atoms. The highest BCUT2D eigenvalue weighted by atomic mass is 19.4. The van der Waals surface area contributed by atoms with Gasteiger partial charge in [0.25, 0.3) is 0 Å². The molecule has 1 aromatic rings. The van der Waals surface area contributed by atoms with Gasteiger partial charge in [0.1, 0.15) is 17.5 Å². The zero-order chi connectivity index (χ0) is 20.4. The number of halogens is 3. The predicted molar refractivity (Wildman–Crippen MR) is 91.6 cm³/mol. The van der Waals surface area contributed by atoms with E-state index in [1.807, 2.05) is 0 Å². The molecule has 0 aromatic carbocycles. The van der Waals surface area contributed by atoms with Crippen molar-refractivity contribution in [3.63, 3.8) is 0 Å². The molecule has 11 heteroatoms. The number of β-amino-alcohol motifs (C(OH)–C–C–N with tert-alkyl or cyclic N) is 1. The molecule has 2 rings (SSSR count). The average Bonchev–Trinajstić information content (AvgIpc) is 2.85. The summed E-state index contributed by atoms with van der Waals surface area (Å²) < 4.78 is 46.1. The summed E-state index contributed by atoms with van der Waals surface area (Å²) in [4.78, 5) is 16.7. The molecule has 1 aromatic heterocycles. The number of nitrogens with zero attached hydrogens (tertiary/aromatic N) is 2. The highest BCUT2D eigenvalue weighted by Crippen LogP contribution is 2.39. The maximum atomic E-state index is 13.7. The van der Waals surface area contributed by atoms with Crippen LogP contribution in [0, 0.1) is 0 Å². The minimum Gasteiger partial charge on any atom is -0.444 e. The van der Waals surface area contributed by atoms with E-state index < -0.39 is 36.1 Å². The van der Waals surface area contributed by atoms with Crippen LogP contribution in [0.25, 0.3) is 0 Å². The number of ether oxygens (including phenoxy) is 1. The van der Waals surface area contributed by atoms with Gasteiger partial charge in [-0.2, -0.15) is 13.2 Å². The van der Waals surface area contributed by atoms with E-state index in [2.05, 4.69) is 15.7 Å². The summed E-state index contributed by atoms with van der Waals surface area (Å²) in [5.41, 5.74) is 1.40. The SMILES string of the molecule is CC(C)(C)OC(=O)N[C@@H]1CN([C@H](c2ccc(NN)nc2)C(F)(F)F)C[C@@H]1O. The number of alkyl halides is 3. The van der Waals surface area contributed by atoms with Crippen molar-refractivity contribution in [3.05, 3.63) is 23.9 Å². The number of hydrazine groups is 1. The molecule has 1 amide bonds. The Hall–Kier alpha value is -2.11. The molecule has 0 bridgehead atoms.